The summed E-state index contributed by atoms with van der Waals surface area (Å²) in [5.74, 6) is 0. The first kappa shape index (κ1) is 8.84. The number of aromatic amines is 1. The first-order chi connectivity index (χ1) is 7.36. The molecule has 1 aliphatic carbocycles. The molecular formula is C13H16N2. The molecule has 1 heterocycles. The third-order valence-electron chi connectivity index (χ3n) is 3.57. The van der Waals surface area contributed by atoms with Crippen LogP contribution in [0.15, 0.2) is 30.5 Å². The van der Waals surface area contributed by atoms with Crippen molar-refractivity contribution in [2.45, 2.75) is 25.3 Å². The zero-order valence-corrected chi connectivity index (χ0v) is 9.03. The highest BCUT2D eigenvalue weighted by molar-refractivity contribution is 5.92. The molecule has 0 aliphatic heterocycles. The number of anilines is 1. The fourth-order valence-electron chi connectivity index (χ4n) is 2.32. The summed E-state index contributed by atoms with van der Waals surface area (Å²) < 4.78 is 0. The quantitative estimate of drug-likeness (QED) is 0.789. The molecule has 1 N–H and O–H groups in total. The third kappa shape index (κ3) is 1.32. The Morgan fingerprint density at radius 3 is 2.80 bits per heavy atom. The lowest BCUT2D eigenvalue weighted by Gasteiger charge is -2.36. The average molecular weight is 200 g/mol. The number of fused-ring (bicyclic) bond motifs is 1. The summed E-state index contributed by atoms with van der Waals surface area (Å²) in [5.41, 5.74) is 2.58. The topological polar surface area (TPSA) is 19.0 Å². The number of benzene rings is 1. The van der Waals surface area contributed by atoms with Crippen LogP contribution < -0.4 is 4.90 Å². The summed E-state index contributed by atoms with van der Waals surface area (Å²) in [6.07, 6.45) is 6.20. The van der Waals surface area contributed by atoms with E-state index in [9.17, 15) is 0 Å². The minimum atomic E-state index is 0.754. The van der Waals surface area contributed by atoms with E-state index in [4.69, 9.17) is 0 Å². The average Bonchev–Trinajstić information content (AvgIpc) is 2.58. The standard InChI is InChI=1S/C13H16N2/c1-15(10-5-4-6-10)13-9-14-12-8-3-2-7-11(12)13/h2-3,7-10,14H,4-6H2,1H3. The minimum Gasteiger partial charge on any atom is -0.370 e. The molecule has 1 saturated carbocycles. The maximum absolute atomic E-state index is 3.33. The van der Waals surface area contributed by atoms with E-state index in [1.54, 1.807) is 0 Å². The molecule has 0 saturated heterocycles. The lowest BCUT2D eigenvalue weighted by Crippen LogP contribution is -2.36. The van der Waals surface area contributed by atoms with E-state index < -0.39 is 0 Å². The van der Waals surface area contributed by atoms with Crippen LogP contribution in [0.25, 0.3) is 10.9 Å². The van der Waals surface area contributed by atoms with E-state index in [1.807, 2.05) is 0 Å². The molecule has 0 spiro atoms. The maximum atomic E-state index is 3.33. The SMILES string of the molecule is CN(c1c[nH]c2ccccc12)C1CCC1. The van der Waals surface area contributed by atoms with Crippen molar-refractivity contribution < 1.29 is 0 Å². The molecule has 1 aromatic carbocycles. The normalized spacial score (nSPS) is 16.6. The van der Waals surface area contributed by atoms with Gasteiger partial charge in [-0.15, -0.1) is 0 Å². The molecule has 15 heavy (non-hydrogen) atoms. The lowest BCUT2D eigenvalue weighted by atomic mass is 9.91. The van der Waals surface area contributed by atoms with Gasteiger partial charge in [0.2, 0.25) is 0 Å². The molecule has 0 bridgehead atoms. The van der Waals surface area contributed by atoms with Gasteiger partial charge in [0.1, 0.15) is 0 Å². The smallest absolute Gasteiger partial charge is 0.0623 e. The zero-order chi connectivity index (χ0) is 10.3. The van der Waals surface area contributed by atoms with E-state index in [0.29, 0.717) is 0 Å². The molecule has 2 nitrogen and oxygen atoms in total. The Hall–Kier alpha value is -1.44. The largest absolute Gasteiger partial charge is 0.370 e. The van der Waals surface area contributed by atoms with Crippen LogP contribution in [-0.2, 0) is 0 Å². The Morgan fingerprint density at radius 1 is 1.27 bits per heavy atom. The number of H-pyrrole nitrogens is 1. The summed E-state index contributed by atoms with van der Waals surface area (Å²) in [4.78, 5) is 5.75. The van der Waals surface area contributed by atoms with Gasteiger partial charge in [0, 0.05) is 30.2 Å². The number of rotatable bonds is 2. The summed E-state index contributed by atoms with van der Waals surface area (Å²) in [7, 11) is 2.21. The molecule has 0 amide bonds. The van der Waals surface area contributed by atoms with Gasteiger partial charge >= 0.3 is 0 Å². The molecular weight excluding hydrogens is 184 g/mol. The molecule has 2 aromatic rings. The second-order valence-electron chi connectivity index (χ2n) is 4.42. The second-order valence-corrected chi connectivity index (χ2v) is 4.42. The Bertz CT molecular complexity index is 468. The molecule has 0 unspecified atom stereocenters. The van der Waals surface area contributed by atoms with Gasteiger partial charge in [0.25, 0.3) is 0 Å². The van der Waals surface area contributed by atoms with Crippen LogP contribution in [0, 0.1) is 0 Å². The highest BCUT2D eigenvalue weighted by Crippen LogP contribution is 2.32. The van der Waals surface area contributed by atoms with Crippen molar-refractivity contribution in [2.75, 3.05) is 11.9 Å². The summed E-state index contributed by atoms with van der Waals surface area (Å²) in [5, 5.41) is 1.34. The highest BCUT2D eigenvalue weighted by Gasteiger charge is 2.23. The number of nitrogens with one attached hydrogen (secondary N) is 1. The molecule has 0 atom stereocenters. The van der Waals surface area contributed by atoms with Gasteiger partial charge in [-0.25, -0.2) is 0 Å². The monoisotopic (exact) mass is 200 g/mol. The van der Waals surface area contributed by atoms with Crippen molar-refractivity contribution in [3.05, 3.63) is 30.5 Å². The van der Waals surface area contributed by atoms with Crippen molar-refractivity contribution in [2.24, 2.45) is 0 Å². The van der Waals surface area contributed by atoms with E-state index in [-0.39, 0.29) is 0 Å². The van der Waals surface area contributed by atoms with E-state index in [2.05, 4.69) is 47.4 Å². The number of hydrogen-bond donors (Lipinski definition) is 1. The third-order valence-corrected chi connectivity index (χ3v) is 3.57. The van der Waals surface area contributed by atoms with Gasteiger partial charge in [0.05, 0.1) is 5.69 Å². The molecule has 1 aliphatic rings. The van der Waals surface area contributed by atoms with E-state index in [0.717, 1.165) is 6.04 Å². The summed E-state index contributed by atoms with van der Waals surface area (Å²) in [6, 6.07) is 9.26. The van der Waals surface area contributed by atoms with Crippen LogP contribution in [0.4, 0.5) is 5.69 Å². The Labute approximate surface area is 89.9 Å². The van der Waals surface area contributed by atoms with Crippen molar-refractivity contribution in [1.29, 1.82) is 0 Å². The van der Waals surface area contributed by atoms with Crippen LogP contribution >= 0.6 is 0 Å². The number of hydrogen-bond acceptors (Lipinski definition) is 1. The maximum Gasteiger partial charge on any atom is 0.0623 e. The molecule has 1 fully saturated rings. The molecule has 3 rings (SSSR count). The number of nitrogens with zero attached hydrogens (tertiary/aromatic N) is 1. The first-order valence-electron chi connectivity index (χ1n) is 5.65. The summed E-state index contributed by atoms with van der Waals surface area (Å²) >= 11 is 0. The van der Waals surface area contributed by atoms with Crippen LogP contribution in [0.1, 0.15) is 19.3 Å². The van der Waals surface area contributed by atoms with Gasteiger partial charge in [-0.05, 0) is 25.3 Å². The van der Waals surface area contributed by atoms with E-state index in [1.165, 1.54) is 35.9 Å². The van der Waals surface area contributed by atoms with Crippen molar-refractivity contribution in [1.82, 2.24) is 4.98 Å². The Balaban J connectivity index is 2.02. The number of aromatic nitrogens is 1. The van der Waals surface area contributed by atoms with Gasteiger partial charge in [-0.1, -0.05) is 18.2 Å². The fraction of sp³-hybridized carbons (Fsp3) is 0.385. The zero-order valence-electron chi connectivity index (χ0n) is 9.03. The van der Waals surface area contributed by atoms with Gasteiger partial charge in [-0.2, -0.15) is 0 Å². The second kappa shape index (κ2) is 3.30. The summed E-state index contributed by atoms with van der Waals surface area (Å²) in [6.45, 7) is 0. The van der Waals surface area contributed by atoms with Crippen LogP contribution in [0.2, 0.25) is 0 Å². The predicted molar refractivity (Wildman–Crippen MR) is 64.3 cm³/mol. The van der Waals surface area contributed by atoms with Gasteiger partial charge < -0.3 is 9.88 Å². The van der Waals surface area contributed by atoms with Gasteiger partial charge in [0.15, 0.2) is 0 Å². The van der Waals surface area contributed by atoms with E-state index >= 15 is 0 Å². The molecule has 1 aromatic heterocycles. The molecule has 2 heteroatoms. The molecule has 0 radical (unpaired) electrons. The molecule has 78 valence electrons. The van der Waals surface area contributed by atoms with Gasteiger partial charge in [-0.3, -0.25) is 0 Å². The van der Waals surface area contributed by atoms with Crippen LogP contribution in [0.5, 0.6) is 0 Å². The first-order valence-corrected chi connectivity index (χ1v) is 5.65. The Morgan fingerprint density at radius 2 is 2.07 bits per heavy atom. The fourth-order valence-corrected chi connectivity index (χ4v) is 2.32. The highest BCUT2D eigenvalue weighted by atomic mass is 15.1. The van der Waals surface area contributed by atoms with Crippen molar-refractivity contribution in [3.63, 3.8) is 0 Å². The minimum absolute atomic E-state index is 0.754. The van der Waals surface area contributed by atoms with Crippen LogP contribution in [-0.4, -0.2) is 18.1 Å². The predicted octanol–water partition coefficient (Wildman–Crippen LogP) is 3.16. The number of para-hydroxylation sites is 1. The van der Waals surface area contributed by atoms with Crippen LogP contribution in [0.3, 0.4) is 0 Å². The Kier molecular flexibility index (Phi) is 1.94. The van der Waals surface area contributed by atoms with Crippen molar-refractivity contribution in [3.8, 4) is 0 Å². The lowest BCUT2D eigenvalue weighted by molar-refractivity contribution is 0.402. The van der Waals surface area contributed by atoms with Crippen molar-refractivity contribution >= 4 is 16.6 Å².